The van der Waals surface area contributed by atoms with Crippen molar-refractivity contribution < 1.29 is 24.4 Å². The lowest BCUT2D eigenvalue weighted by Gasteiger charge is -2.49. The van der Waals surface area contributed by atoms with Crippen LogP contribution in [0, 0.1) is 22.0 Å². The van der Waals surface area contributed by atoms with Crippen LogP contribution in [-0.2, 0) is 14.3 Å². The molecule has 0 spiro atoms. The molecule has 0 amide bonds. The van der Waals surface area contributed by atoms with Crippen LogP contribution in [0.5, 0.6) is 0 Å². The van der Waals surface area contributed by atoms with E-state index >= 15 is 0 Å². The first-order chi connectivity index (χ1) is 22.2. The summed E-state index contributed by atoms with van der Waals surface area (Å²) < 4.78 is 6.08. The normalized spacial score (nSPS) is 22.3. The van der Waals surface area contributed by atoms with Gasteiger partial charge in [-0.15, -0.1) is 0 Å². The number of hydrogen-bond acceptors (Lipinski definition) is 8. The summed E-state index contributed by atoms with van der Waals surface area (Å²) >= 11 is 0. The molecule has 0 bridgehead atoms. The molecule has 46 heavy (non-hydrogen) atoms. The van der Waals surface area contributed by atoms with Crippen molar-refractivity contribution in [2.24, 2.45) is 17.6 Å². The third kappa shape index (κ3) is 6.25. The number of carboxylic acids is 1. The number of hydrogen-bond donors (Lipinski definition) is 3. The van der Waals surface area contributed by atoms with Gasteiger partial charge in [0.25, 0.3) is 5.69 Å². The van der Waals surface area contributed by atoms with Gasteiger partial charge in [0.2, 0.25) is 0 Å². The number of nitrogens with one attached hydrogen (secondary N) is 1. The lowest BCUT2D eigenvalue weighted by atomic mass is 9.74. The van der Waals surface area contributed by atoms with Crippen LogP contribution in [0.4, 0.5) is 5.69 Å². The fourth-order valence-corrected chi connectivity index (χ4v) is 7.39. The molecular formula is C36H38N4O6. The predicted molar refractivity (Wildman–Crippen MR) is 172 cm³/mol. The first kappa shape index (κ1) is 31.0. The van der Waals surface area contributed by atoms with E-state index in [1.54, 1.807) is 13.0 Å². The van der Waals surface area contributed by atoms with E-state index in [1.165, 1.54) is 29.3 Å². The first-order valence-corrected chi connectivity index (χ1v) is 15.7. The molecule has 2 aliphatic heterocycles. The minimum absolute atomic E-state index is 0.0149. The number of ether oxygens (including phenoxy) is 1. The summed E-state index contributed by atoms with van der Waals surface area (Å²) in [5, 5.41) is 24.4. The molecule has 2 fully saturated rings. The second kappa shape index (κ2) is 13.2. The Kier molecular flexibility index (Phi) is 8.90. The van der Waals surface area contributed by atoms with Gasteiger partial charge in [-0.25, -0.2) is 9.59 Å². The Morgan fingerprint density at radius 2 is 1.61 bits per heavy atom. The molecule has 3 atom stereocenters. The Labute approximate surface area is 267 Å². The minimum atomic E-state index is -1.25. The number of carbonyl (C=O) groups is 2. The Bertz CT molecular complexity index is 1640. The van der Waals surface area contributed by atoms with E-state index in [0.717, 1.165) is 25.9 Å². The van der Waals surface area contributed by atoms with Crippen molar-refractivity contribution in [1.29, 1.82) is 0 Å². The third-order valence-electron chi connectivity index (χ3n) is 9.60. The molecule has 10 nitrogen and oxygen atoms in total. The van der Waals surface area contributed by atoms with E-state index in [2.05, 4.69) is 58.7 Å². The van der Waals surface area contributed by atoms with Gasteiger partial charge in [-0.3, -0.25) is 15.0 Å². The number of nitrogens with two attached hydrogens (primary N) is 1. The maximum atomic E-state index is 13.8. The van der Waals surface area contributed by atoms with Gasteiger partial charge in [0.15, 0.2) is 0 Å². The summed E-state index contributed by atoms with van der Waals surface area (Å²) in [6.45, 7) is 3.45. The Morgan fingerprint density at radius 3 is 2.22 bits per heavy atom. The average molecular weight is 623 g/mol. The van der Waals surface area contributed by atoms with Gasteiger partial charge in [0.1, 0.15) is 11.9 Å². The number of nitro groups is 1. The number of carboxylic acid groups (broad SMARTS) is 1. The quantitative estimate of drug-likeness (QED) is 0.157. The van der Waals surface area contributed by atoms with Crippen molar-refractivity contribution in [3.8, 4) is 0 Å². The van der Waals surface area contributed by atoms with Gasteiger partial charge in [-0.1, -0.05) is 72.8 Å². The van der Waals surface area contributed by atoms with Crippen LogP contribution in [-0.4, -0.2) is 46.1 Å². The molecule has 6 rings (SSSR count). The van der Waals surface area contributed by atoms with Crippen LogP contribution in [0.3, 0.4) is 0 Å². The number of aliphatic carboxylic acids is 1. The van der Waals surface area contributed by atoms with Crippen LogP contribution in [0.25, 0.3) is 0 Å². The molecule has 0 aromatic heterocycles. The topological polar surface area (TPSA) is 148 Å². The highest BCUT2D eigenvalue weighted by Gasteiger charge is 2.42. The molecular weight excluding hydrogens is 584 g/mol. The van der Waals surface area contributed by atoms with E-state index < -0.39 is 22.8 Å². The van der Waals surface area contributed by atoms with Crippen molar-refractivity contribution in [3.63, 3.8) is 0 Å². The predicted octanol–water partition coefficient (Wildman–Crippen LogP) is 5.63. The molecule has 3 aromatic rings. The molecule has 2 heterocycles. The van der Waals surface area contributed by atoms with Gasteiger partial charge >= 0.3 is 11.9 Å². The summed E-state index contributed by atoms with van der Waals surface area (Å²) in [5.41, 5.74) is 9.01. The van der Waals surface area contributed by atoms with E-state index in [0.29, 0.717) is 24.7 Å². The summed E-state index contributed by atoms with van der Waals surface area (Å²) in [6.07, 6.45) is 3.06. The van der Waals surface area contributed by atoms with Gasteiger partial charge in [-0.05, 0) is 61.1 Å². The van der Waals surface area contributed by atoms with Crippen molar-refractivity contribution in [2.75, 3.05) is 13.1 Å². The number of allylic oxidation sites excluding steroid dienone is 1. The number of rotatable bonds is 9. The number of nitro benzene ring substituents is 1. The summed E-state index contributed by atoms with van der Waals surface area (Å²) in [4.78, 5) is 39.7. The first-order valence-electron chi connectivity index (χ1n) is 15.7. The van der Waals surface area contributed by atoms with E-state index in [9.17, 15) is 24.8 Å². The molecule has 1 saturated carbocycles. The average Bonchev–Trinajstić information content (AvgIpc) is 3.02. The van der Waals surface area contributed by atoms with Gasteiger partial charge in [0, 0.05) is 30.9 Å². The number of likely N-dealkylation sites (tertiary alicyclic amines) is 1. The lowest BCUT2D eigenvalue weighted by Crippen LogP contribution is -2.52. The van der Waals surface area contributed by atoms with Crippen molar-refractivity contribution in [1.82, 2.24) is 10.2 Å². The highest BCUT2D eigenvalue weighted by Crippen LogP contribution is 2.43. The number of nitrogens with zero attached hydrogens (tertiary/aromatic N) is 2. The zero-order valence-corrected chi connectivity index (χ0v) is 25.7. The standard InChI is InChI=1S/C36H38N4O6/c1-22-30(35(41)42)31(26-15-8-16-28(18-26)40(44)45)32(34(37)38-22)36(43)46-29-17-9-14-25(19-29)27-20-39(21-27)33(23-10-4-2-5-11-23)24-12-6-3-7-13-24/h2-8,10-13,15-16,18,25,27,29,31,33,38H,9,14,17,19-21,37H2,1H3,(H,41,42). The maximum absolute atomic E-state index is 13.8. The Morgan fingerprint density at radius 1 is 0.957 bits per heavy atom. The highest BCUT2D eigenvalue weighted by molar-refractivity contribution is 5.99. The second-order valence-electron chi connectivity index (χ2n) is 12.5. The van der Waals surface area contributed by atoms with Gasteiger partial charge < -0.3 is 20.9 Å². The monoisotopic (exact) mass is 622 g/mol. The molecule has 4 N–H and O–H groups in total. The zero-order chi connectivity index (χ0) is 32.4. The number of non-ortho nitro benzene ring substituents is 1. The fraction of sp³-hybridized carbons (Fsp3) is 0.333. The van der Waals surface area contributed by atoms with E-state index in [4.69, 9.17) is 10.5 Å². The van der Waals surface area contributed by atoms with Crippen LogP contribution in [0.2, 0.25) is 0 Å². The zero-order valence-electron chi connectivity index (χ0n) is 25.7. The van der Waals surface area contributed by atoms with Gasteiger partial charge in [0.05, 0.1) is 28.0 Å². The summed E-state index contributed by atoms with van der Waals surface area (Å²) in [5.74, 6) is -2.25. The van der Waals surface area contributed by atoms with E-state index in [1.807, 2.05) is 12.1 Å². The van der Waals surface area contributed by atoms with Crippen LogP contribution in [0.15, 0.2) is 108 Å². The molecule has 238 valence electrons. The molecule has 3 aliphatic rings. The van der Waals surface area contributed by atoms with Crippen LogP contribution < -0.4 is 11.1 Å². The Hall–Kier alpha value is -4.96. The molecule has 10 heteroatoms. The van der Waals surface area contributed by atoms with E-state index in [-0.39, 0.29) is 46.1 Å². The highest BCUT2D eigenvalue weighted by atomic mass is 16.6. The summed E-state index contributed by atoms with van der Waals surface area (Å²) in [7, 11) is 0. The molecule has 1 aliphatic carbocycles. The van der Waals surface area contributed by atoms with Crippen LogP contribution in [0.1, 0.15) is 61.3 Å². The minimum Gasteiger partial charge on any atom is -0.478 e. The number of esters is 1. The maximum Gasteiger partial charge on any atom is 0.338 e. The largest absolute Gasteiger partial charge is 0.478 e. The third-order valence-corrected chi connectivity index (χ3v) is 9.60. The number of benzene rings is 3. The smallest absolute Gasteiger partial charge is 0.338 e. The molecule has 0 radical (unpaired) electrons. The summed E-state index contributed by atoms with van der Waals surface area (Å²) in [6, 6.07) is 26.9. The Balaban J connectivity index is 1.17. The fourth-order valence-electron chi connectivity index (χ4n) is 7.39. The number of dihydropyridines is 1. The van der Waals surface area contributed by atoms with Crippen molar-refractivity contribution >= 4 is 17.6 Å². The van der Waals surface area contributed by atoms with Crippen molar-refractivity contribution in [3.05, 3.63) is 134 Å². The molecule has 1 saturated heterocycles. The lowest BCUT2D eigenvalue weighted by molar-refractivity contribution is -0.384. The van der Waals surface area contributed by atoms with Crippen LogP contribution >= 0.6 is 0 Å². The van der Waals surface area contributed by atoms with Gasteiger partial charge in [-0.2, -0.15) is 0 Å². The van der Waals surface area contributed by atoms with Crippen molar-refractivity contribution in [2.45, 2.75) is 50.7 Å². The molecule has 3 aromatic carbocycles. The second-order valence-corrected chi connectivity index (χ2v) is 12.5. The SMILES string of the molecule is CC1=C(C(=O)O)C(c2cccc([N+](=O)[O-])c2)C(C(=O)OC2CCCC(C3CN(C(c4ccccc4)c4ccccc4)C3)C2)=C(N)N1. The number of carbonyl (C=O) groups excluding carboxylic acids is 1. The molecule has 3 unspecified atom stereocenters.